The Kier molecular flexibility index (Phi) is 4.11. The van der Waals surface area contributed by atoms with Gasteiger partial charge < -0.3 is 10.1 Å². The lowest BCUT2D eigenvalue weighted by atomic mass is 10.0. The molecular formula is C18H16BrNO. The number of benzene rings is 3. The number of rotatable bonds is 4. The van der Waals surface area contributed by atoms with Gasteiger partial charge in [0.1, 0.15) is 5.75 Å². The predicted molar refractivity (Wildman–Crippen MR) is 92.0 cm³/mol. The normalized spacial score (nSPS) is 10.6. The van der Waals surface area contributed by atoms with Crippen molar-refractivity contribution in [3.8, 4) is 5.75 Å². The van der Waals surface area contributed by atoms with E-state index < -0.39 is 0 Å². The summed E-state index contributed by atoms with van der Waals surface area (Å²) in [5.74, 6) is 0.846. The number of nitrogens with one attached hydrogen (secondary N) is 1. The fourth-order valence-electron chi connectivity index (χ4n) is 2.40. The van der Waals surface area contributed by atoms with Gasteiger partial charge in [-0.3, -0.25) is 0 Å². The summed E-state index contributed by atoms with van der Waals surface area (Å²) in [7, 11) is 1.68. The van der Waals surface area contributed by atoms with Crippen molar-refractivity contribution in [2.24, 2.45) is 0 Å². The molecular weight excluding hydrogens is 326 g/mol. The zero-order valence-electron chi connectivity index (χ0n) is 11.8. The number of hydrogen-bond donors (Lipinski definition) is 1. The van der Waals surface area contributed by atoms with Gasteiger partial charge in [-0.25, -0.2) is 0 Å². The van der Waals surface area contributed by atoms with Crippen LogP contribution in [-0.4, -0.2) is 7.11 Å². The van der Waals surface area contributed by atoms with Crippen molar-refractivity contribution in [1.82, 2.24) is 0 Å². The van der Waals surface area contributed by atoms with Crippen LogP contribution in [0.4, 0.5) is 5.69 Å². The van der Waals surface area contributed by atoms with Gasteiger partial charge in [0.2, 0.25) is 0 Å². The van der Waals surface area contributed by atoms with E-state index in [0.717, 1.165) is 22.5 Å². The topological polar surface area (TPSA) is 21.3 Å². The van der Waals surface area contributed by atoms with Gasteiger partial charge in [-0.15, -0.1) is 0 Å². The molecule has 0 spiro atoms. The van der Waals surface area contributed by atoms with E-state index in [1.165, 1.54) is 16.3 Å². The molecule has 3 aromatic rings. The second-order valence-electron chi connectivity index (χ2n) is 4.84. The van der Waals surface area contributed by atoms with Crippen molar-refractivity contribution in [2.45, 2.75) is 6.54 Å². The van der Waals surface area contributed by atoms with E-state index in [4.69, 9.17) is 4.74 Å². The van der Waals surface area contributed by atoms with E-state index in [-0.39, 0.29) is 0 Å². The van der Waals surface area contributed by atoms with Crippen LogP contribution in [0.3, 0.4) is 0 Å². The lowest BCUT2D eigenvalue weighted by molar-refractivity contribution is 0.415. The molecule has 1 N–H and O–H groups in total. The zero-order valence-corrected chi connectivity index (χ0v) is 13.4. The molecule has 0 saturated carbocycles. The molecule has 3 aromatic carbocycles. The van der Waals surface area contributed by atoms with Crippen molar-refractivity contribution in [3.63, 3.8) is 0 Å². The lowest BCUT2D eigenvalue weighted by Crippen LogP contribution is -2.01. The first-order valence-electron chi connectivity index (χ1n) is 6.82. The molecule has 2 nitrogen and oxygen atoms in total. The fraction of sp³-hybridized carbons (Fsp3) is 0.111. The Morgan fingerprint density at radius 3 is 2.67 bits per heavy atom. The summed E-state index contributed by atoms with van der Waals surface area (Å²) in [6.45, 7) is 0.771. The monoisotopic (exact) mass is 341 g/mol. The third-order valence-electron chi connectivity index (χ3n) is 3.52. The number of fused-ring (bicyclic) bond motifs is 1. The summed E-state index contributed by atoms with van der Waals surface area (Å²) in [4.78, 5) is 0. The largest absolute Gasteiger partial charge is 0.497 e. The van der Waals surface area contributed by atoms with E-state index in [1.807, 2.05) is 18.2 Å². The van der Waals surface area contributed by atoms with Gasteiger partial charge in [-0.05, 0) is 44.4 Å². The summed E-state index contributed by atoms with van der Waals surface area (Å²) >= 11 is 3.56. The molecule has 0 fully saturated rings. The molecule has 0 aromatic heterocycles. The Morgan fingerprint density at radius 1 is 1.00 bits per heavy atom. The van der Waals surface area contributed by atoms with Gasteiger partial charge >= 0.3 is 0 Å². The Balaban J connectivity index is 1.87. The summed E-state index contributed by atoms with van der Waals surface area (Å²) in [5, 5.41) is 6.02. The van der Waals surface area contributed by atoms with Crippen molar-refractivity contribution >= 4 is 32.4 Å². The Labute approximate surface area is 132 Å². The first-order valence-corrected chi connectivity index (χ1v) is 7.61. The predicted octanol–water partition coefficient (Wildman–Crippen LogP) is 5.22. The van der Waals surface area contributed by atoms with Crippen molar-refractivity contribution in [1.29, 1.82) is 0 Å². The summed E-state index contributed by atoms with van der Waals surface area (Å²) in [6.07, 6.45) is 0. The van der Waals surface area contributed by atoms with E-state index in [2.05, 4.69) is 63.7 Å². The van der Waals surface area contributed by atoms with Crippen molar-refractivity contribution < 1.29 is 4.74 Å². The molecule has 0 saturated heterocycles. The van der Waals surface area contributed by atoms with Gasteiger partial charge in [-0.1, -0.05) is 42.5 Å². The minimum atomic E-state index is 0.771. The minimum Gasteiger partial charge on any atom is -0.497 e. The third-order valence-corrected chi connectivity index (χ3v) is 4.21. The maximum atomic E-state index is 5.27. The maximum Gasteiger partial charge on any atom is 0.121 e. The standard InChI is InChI=1S/C18H16BrNO/c1-21-15-9-10-17(19)18(11-15)20-12-14-7-4-6-13-5-2-3-8-16(13)14/h2-11,20H,12H2,1H3. The molecule has 3 rings (SSSR count). The first kappa shape index (κ1) is 14.0. The molecule has 0 aliphatic rings. The zero-order chi connectivity index (χ0) is 14.7. The molecule has 3 heteroatoms. The van der Waals surface area contributed by atoms with Crippen LogP contribution in [0.2, 0.25) is 0 Å². The van der Waals surface area contributed by atoms with Crippen LogP contribution < -0.4 is 10.1 Å². The van der Waals surface area contributed by atoms with E-state index in [1.54, 1.807) is 7.11 Å². The molecule has 0 atom stereocenters. The highest BCUT2D eigenvalue weighted by Crippen LogP contribution is 2.28. The minimum absolute atomic E-state index is 0.771. The second kappa shape index (κ2) is 6.19. The summed E-state index contributed by atoms with van der Waals surface area (Å²) in [6, 6.07) is 20.8. The van der Waals surface area contributed by atoms with E-state index >= 15 is 0 Å². The third kappa shape index (κ3) is 3.03. The molecule has 0 aliphatic heterocycles. The molecule has 21 heavy (non-hydrogen) atoms. The first-order chi connectivity index (χ1) is 10.3. The Bertz CT molecular complexity index is 765. The van der Waals surface area contributed by atoms with Crippen LogP contribution in [0.5, 0.6) is 5.75 Å². The van der Waals surface area contributed by atoms with Crippen molar-refractivity contribution in [2.75, 3.05) is 12.4 Å². The fourth-order valence-corrected chi connectivity index (χ4v) is 2.79. The SMILES string of the molecule is COc1ccc(Br)c(NCc2cccc3ccccc23)c1. The highest BCUT2D eigenvalue weighted by atomic mass is 79.9. The van der Waals surface area contributed by atoms with Crippen LogP contribution in [0.25, 0.3) is 10.8 Å². The Morgan fingerprint density at radius 2 is 1.81 bits per heavy atom. The highest BCUT2D eigenvalue weighted by molar-refractivity contribution is 9.10. The number of methoxy groups -OCH3 is 1. The van der Waals surface area contributed by atoms with Crippen LogP contribution in [0.1, 0.15) is 5.56 Å². The molecule has 0 unspecified atom stereocenters. The quantitative estimate of drug-likeness (QED) is 0.702. The number of anilines is 1. The van der Waals surface area contributed by atoms with Gasteiger partial charge in [0, 0.05) is 17.1 Å². The van der Waals surface area contributed by atoms with E-state index in [0.29, 0.717) is 0 Å². The van der Waals surface area contributed by atoms with Crippen LogP contribution in [0, 0.1) is 0 Å². The average Bonchev–Trinajstić information content (AvgIpc) is 2.54. The van der Waals surface area contributed by atoms with Crippen LogP contribution >= 0.6 is 15.9 Å². The molecule has 0 aliphatic carbocycles. The van der Waals surface area contributed by atoms with E-state index in [9.17, 15) is 0 Å². The molecule has 106 valence electrons. The lowest BCUT2D eigenvalue weighted by Gasteiger charge is -2.12. The van der Waals surface area contributed by atoms with Gasteiger partial charge in [-0.2, -0.15) is 0 Å². The average molecular weight is 342 g/mol. The van der Waals surface area contributed by atoms with Gasteiger partial charge in [0.25, 0.3) is 0 Å². The highest BCUT2D eigenvalue weighted by Gasteiger charge is 2.04. The number of hydrogen-bond acceptors (Lipinski definition) is 2. The smallest absolute Gasteiger partial charge is 0.121 e. The van der Waals surface area contributed by atoms with Crippen molar-refractivity contribution in [3.05, 3.63) is 70.7 Å². The maximum absolute atomic E-state index is 5.27. The molecule has 0 bridgehead atoms. The molecule has 0 heterocycles. The number of halogens is 1. The summed E-state index contributed by atoms with van der Waals surface area (Å²) < 4.78 is 6.30. The van der Waals surface area contributed by atoms with Crippen LogP contribution in [-0.2, 0) is 6.54 Å². The van der Waals surface area contributed by atoms with Gasteiger partial charge in [0.05, 0.1) is 12.8 Å². The Hall–Kier alpha value is -2.00. The molecule has 0 amide bonds. The summed E-state index contributed by atoms with van der Waals surface area (Å²) in [5.41, 5.74) is 2.31. The molecule has 0 radical (unpaired) electrons. The van der Waals surface area contributed by atoms with Crippen LogP contribution in [0.15, 0.2) is 65.1 Å². The second-order valence-corrected chi connectivity index (χ2v) is 5.69. The van der Waals surface area contributed by atoms with Gasteiger partial charge in [0.15, 0.2) is 0 Å². The number of ether oxygens (including phenoxy) is 1.